The van der Waals surface area contributed by atoms with Crippen LogP contribution in [-0.2, 0) is 11.2 Å². The average Bonchev–Trinajstić information content (AvgIpc) is 3.27. The number of rotatable bonds is 6. The second kappa shape index (κ2) is 9.18. The Bertz CT molecular complexity index is 1190. The number of piperidine rings is 1. The molecule has 0 spiro atoms. The van der Waals surface area contributed by atoms with Gasteiger partial charge in [0.25, 0.3) is 0 Å². The van der Waals surface area contributed by atoms with E-state index in [0.717, 1.165) is 49.2 Å². The predicted molar refractivity (Wildman–Crippen MR) is 125 cm³/mol. The lowest BCUT2D eigenvalue weighted by Gasteiger charge is -2.32. The lowest BCUT2D eigenvalue weighted by Crippen LogP contribution is -2.39. The minimum atomic E-state index is 0.223. The van der Waals surface area contributed by atoms with Crippen molar-refractivity contribution in [2.75, 3.05) is 18.4 Å². The Morgan fingerprint density at radius 1 is 1.12 bits per heavy atom. The molecule has 1 aliphatic rings. The number of pyridine rings is 1. The number of hydrogen-bond acceptors (Lipinski definition) is 5. The molecule has 2 N–H and O–H groups in total. The largest absolute Gasteiger partial charge is 0.361 e. The van der Waals surface area contributed by atoms with Gasteiger partial charge in [0.15, 0.2) is 0 Å². The fourth-order valence-corrected chi connectivity index (χ4v) is 4.42. The summed E-state index contributed by atoms with van der Waals surface area (Å²) in [6.07, 6.45) is 12.2. The highest BCUT2D eigenvalue weighted by Crippen LogP contribution is 2.27. The highest BCUT2D eigenvalue weighted by Gasteiger charge is 2.25. The molecule has 7 nitrogen and oxygen atoms in total. The topological polar surface area (TPSA) is 86.8 Å². The van der Waals surface area contributed by atoms with Crippen LogP contribution in [0.4, 0.5) is 11.5 Å². The van der Waals surface area contributed by atoms with Crippen LogP contribution in [0.5, 0.6) is 0 Å². The first-order valence-electron chi connectivity index (χ1n) is 11.1. The van der Waals surface area contributed by atoms with E-state index in [0.29, 0.717) is 12.2 Å². The molecule has 7 heteroatoms. The first-order valence-corrected chi connectivity index (χ1v) is 11.1. The molecule has 0 radical (unpaired) electrons. The molecule has 162 valence electrons. The summed E-state index contributed by atoms with van der Waals surface area (Å²) >= 11 is 0. The van der Waals surface area contributed by atoms with Crippen molar-refractivity contribution in [2.45, 2.75) is 31.6 Å². The van der Waals surface area contributed by atoms with Gasteiger partial charge >= 0.3 is 0 Å². The third-order valence-electron chi connectivity index (χ3n) is 6.10. The van der Waals surface area contributed by atoms with E-state index in [1.165, 1.54) is 10.9 Å². The molecule has 0 bridgehead atoms. The second-order valence-electron chi connectivity index (χ2n) is 8.23. The quantitative estimate of drug-likeness (QED) is 0.476. The van der Waals surface area contributed by atoms with Crippen molar-refractivity contribution in [1.82, 2.24) is 24.8 Å². The first kappa shape index (κ1) is 20.2. The van der Waals surface area contributed by atoms with E-state index in [1.807, 2.05) is 41.6 Å². The Kier molecular flexibility index (Phi) is 5.79. The third-order valence-corrected chi connectivity index (χ3v) is 6.10. The predicted octanol–water partition coefficient (Wildman–Crippen LogP) is 4.44. The smallest absolute Gasteiger partial charge is 0.222 e. The van der Waals surface area contributed by atoms with Gasteiger partial charge in [-0.1, -0.05) is 18.2 Å². The van der Waals surface area contributed by atoms with Gasteiger partial charge in [-0.05, 0) is 43.0 Å². The Hall–Kier alpha value is -3.74. The van der Waals surface area contributed by atoms with Crippen LogP contribution < -0.4 is 5.32 Å². The number of aryl methyl sites for hydroxylation is 1. The van der Waals surface area contributed by atoms with Gasteiger partial charge in [-0.3, -0.25) is 14.8 Å². The molecular formula is C25H26N6O. The standard InChI is InChI=1S/C25H26N6O/c32-25(10-7-18-14-28-23-6-2-1-5-21(18)23)31-13-3-4-19(17-31)22-9-8-20(15-29-22)30-24-16-26-11-12-27-24/h1-2,5-6,8-9,11-12,14-16,19,28H,3-4,7,10,13,17H2,(H,27,30)/t19-/m0/s1. The number of benzene rings is 1. The van der Waals surface area contributed by atoms with E-state index in [2.05, 4.69) is 37.4 Å². The van der Waals surface area contributed by atoms with E-state index >= 15 is 0 Å². The fraction of sp³-hybridized carbons (Fsp3) is 0.280. The van der Waals surface area contributed by atoms with Crippen molar-refractivity contribution in [3.8, 4) is 0 Å². The number of fused-ring (bicyclic) bond motifs is 1. The molecule has 32 heavy (non-hydrogen) atoms. The van der Waals surface area contributed by atoms with Crippen LogP contribution in [-0.4, -0.2) is 43.8 Å². The summed E-state index contributed by atoms with van der Waals surface area (Å²) in [6, 6.07) is 12.3. The van der Waals surface area contributed by atoms with Crippen molar-refractivity contribution in [2.24, 2.45) is 0 Å². The number of H-pyrrole nitrogens is 1. The zero-order chi connectivity index (χ0) is 21.8. The lowest BCUT2D eigenvalue weighted by atomic mass is 9.93. The number of para-hydroxylation sites is 1. The van der Waals surface area contributed by atoms with Crippen molar-refractivity contribution in [3.63, 3.8) is 0 Å². The molecule has 5 rings (SSSR count). The maximum Gasteiger partial charge on any atom is 0.222 e. The second-order valence-corrected chi connectivity index (χ2v) is 8.23. The summed E-state index contributed by atoms with van der Waals surface area (Å²) in [5.74, 6) is 1.18. The molecule has 1 fully saturated rings. The zero-order valence-corrected chi connectivity index (χ0v) is 17.9. The highest BCUT2D eigenvalue weighted by molar-refractivity contribution is 5.84. The number of aromatic nitrogens is 4. The van der Waals surface area contributed by atoms with Gasteiger partial charge in [0.05, 0.1) is 18.1 Å². The van der Waals surface area contributed by atoms with Crippen LogP contribution in [0.25, 0.3) is 10.9 Å². The van der Waals surface area contributed by atoms with Gasteiger partial charge in [-0.25, -0.2) is 4.98 Å². The van der Waals surface area contributed by atoms with Crippen LogP contribution in [0.3, 0.4) is 0 Å². The van der Waals surface area contributed by atoms with Crippen LogP contribution in [0.1, 0.15) is 36.4 Å². The number of nitrogens with zero attached hydrogens (tertiary/aromatic N) is 4. The number of amides is 1. The Labute approximate surface area is 186 Å². The van der Waals surface area contributed by atoms with Crippen molar-refractivity contribution >= 4 is 28.3 Å². The van der Waals surface area contributed by atoms with Gasteiger partial charge in [-0.15, -0.1) is 0 Å². The molecule has 4 aromatic rings. The Morgan fingerprint density at radius 2 is 2.06 bits per heavy atom. The molecule has 1 aliphatic heterocycles. The van der Waals surface area contributed by atoms with Crippen LogP contribution >= 0.6 is 0 Å². The van der Waals surface area contributed by atoms with Gasteiger partial charge in [0.2, 0.25) is 5.91 Å². The summed E-state index contributed by atoms with van der Waals surface area (Å²) in [6.45, 7) is 1.56. The van der Waals surface area contributed by atoms with E-state index < -0.39 is 0 Å². The van der Waals surface area contributed by atoms with E-state index in [9.17, 15) is 4.79 Å². The number of anilines is 2. The number of carbonyl (C=O) groups is 1. The van der Waals surface area contributed by atoms with Gasteiger partial charge in [0, 0.05) is 60.6 Å². The van der Waals surface area contributed by atoms with E-state index in [1.54, 1.807) is 18.6 Å². The van der Waals surface area contributed by atoms with Crippen molar-refractivity contribution < 1.29 is 4.79 Å². The lowest BCUT2D eigenvalue weighted by molar-refractivity contribution is -0.132. The molecule has 3 aromatic heterocycles. The minimum Gasteiger partial charge on any atom is -0.361 e. The monoisotopic (exact) mass is 426 g/mol. The van der Waals surface area contributed by atoms with Crippen LogP contribution in [0, 0.1) is 0 Å². The summed E-state index contributed by atoms with van der Waals surface area (Å²) in [7, 11) is 0. The minimum absolute atomic E-state index is 0.223. The molecule has 1 atom stereocenters. The molecule has 0 unspecified atom stereocenters. The molecule has 0 saturated carbocycles. The zero-order valence-electron chi connectivity index (χ0n) is 17.9. The number of aromatic amines is 1. The molecule has 1 amide bonds. The number of nitrogens with one attached hydrogen (secondary N) is 2. The van der Waals surface area contributed by atoms with Gasteiger partial charge in [0.1, 0.15) is 5.82 Å². The maximum atomic E-state index is 12.9. The molecule has 0 aliphatic carbocycles. The fourth-order valence-electron chi connectivity index (χ4n) is 4.42. The highest BCUT2D eigenvalue weighted by atomic mass is 16.2. The first-order chi connectivity index (χ1) is 15.8. The average molecular weight is 427 g/mol. The number of likely N-dealkylation sites (tertiary alicyclic amines) is 1. The SMILES string of the molecule is O=C(CCc1c[nH]c2ccccc12)N1CCC[C@H](c2ccc(Nc3cnccn3)cn2)C1. The van der Waals surface area contributed by atoms with Crippen LogP contribution in [0.2, 0.25) is 0 Å². The van der Waals surface area contributed by atoms with Gasteiger partial charge in [-0.2, -0.15) is 0 Å². The normalized spacial score (nSPS) is 16.2. The third kappa shape index (κ3) is 4.46. The number of carbonyl (C=O) groups excluding carboxylic acids is 1. The Morgan fingerprint density at radius 3 is 2.91 bits per heavy atom. The van der Waals surface area contributed by atoms with E-state index in [-0.39, 0.29) is 11.8 Å². The van der Waals surface area contributed by atoms with Crippen molar-refractivity contribution in [1.29, 1.82) is 0 Å². The molecular weight excluding hydrogens is 400 g/mol. The van der Waals surface area contributed by atoms with Gasteiger partial charge < -0.3 is 15.2 Å². The summed E-state index contributed by atoms with van der Waals surface area (Å²) < 4.78 is 0. The van der Waals surface area contributed by atoms with Crippen LogP contribution in [0.15, 0.2) is 67.4 Å². The summed E-state index contributed by atoms with van der Waals surface area (Å²) in [4.78, 5) is 31.2. The maximum absolute atomic E-state index is 12.9. The number of hydrogen-bond donors (Lipinski definition) is 2. The van der Waals surface area contributed by atoms with Crippen molar-refractivity contribution in [3.05, 3.63) is 78.6 Å². The Balaban J connectivity index is 1.19. The molecule has 1 saturated heterocycles. The molecule has 1 aromatic carbocycles. The molecule has 4 heterocycles. The summed E-state index contributed by atoms with van der Waals surface area (Å²) in [5.41, 5.74) is 4.23. The van der Waals surface area contributed by atoms with E-state index in [4.69, 9.17) is 0 Å². The summed E-state index contributed by atoms with van der Waals surface area (Å²) in [5, 5.41) is 4.41.